The molecule has 30 heavy (non-hydrogen) atoms. The maximum atomic E-state index is 11.6. The quantitative estimate of drug-likeness (QED) is 0.222. The van der Waals surface area contributed by atoms with E-state index >= 15 is 0 Å². The van der Waals surface area contributed by atoms with Gasteiger partial charge in [-0.2, -0.15) is 0 Å². The van der Waals surface area contributed by atoms with Crippen LogP contribution < -0.4 is 0 Å². The predicted molar refractivity (Wildman–Crippen MR) is 119 cm³/mol. The molecule has 0 radical (unpaired) electrons. The average Bonchev–Trinajstić information content (AvgIpc) is 2.94. The van der Waals surface area contributed by atoms with Crippen LogP contribution in [0, 0.1) is 17.8 Å². The van der Waals surface area contributed by atoms with Crippen molar-refractivity contribution in [3.63, 3.8) is 0 Å². The van der Waals surface area contributed by atoms with E-state index < -0.39 is 17.8 Å². The second-order valence-electron chi connectivity index (χ2n) is 9.97. The van der Waals surface area contributed by atoms with Crippen LogP contribution in [0.4, 0.5) is 0 Å². The molecule has 6 heteroatoms. The molecule has 174 valence electrons. The molecule has 5 nitrogen and oxygen atoms in total. The van der Waals surface area contributed by atoms with Crippen LogP contribution in [0.15, 0.2) is 12.2 Å². The van der Waals surface area contributed by atoms with Crippen LogP contribution in [0.25, 0.3) is 0 Å². The Labute approximate surface area is 187 Å². The van der Waals surface area contributed by atoms with E-state index in [0.29, 0.717) is 18.9 Å². The Hall–Kier alpha value is -0.620. The first-order chi connectivity index (χ1) is 14.2. The summed E-state index contributed by atoms with van der Waals surface area (Å²) in [7, 11) is 0. The molecule has 0 saturated heterocycles. The minimum absolute atomic E-state index is 0.00609. The second kappa shape index (κ2) is 12.4. The summed E-state index contributed by atoms with van der Waals surface area (Å²) in [5, 5.41) is 20.9. The molecule has 0 spiro atoms. The number of aliphatic hydroxyl groups excluding tert-OH is 2. The number of hydrogen-bond donors (Lipinski definition) is 2. The molecule has 0 aromatic rings. The second-order valence-corrected chi connectivity index (χ2v) is 10.5. The van der Waals surface area contributed by atoms with Gasteiger partial charge in [0.2, 0.25) is 0 Å². The summed E-state index contributed by atoms with van der Waals surface area (Å²) in [5.41, 5.74) is -0.494. The van der Waals surface area contributed by atoms with Crippen LogP contribution >= 0.6 is 11.6 Å². The van der Waals surface area contributed by atoms with Crippen molar-refractivity contribution in [1.29, 1.82) is 0 Å². The first-order valence-electron chi connectivity index (χ1n) is 11.7. The lowest BCUT2D eigenvalue weighted by molar-refractivity contribution is -0.160. The molecule has 0 aliphatic heterocycles. The van der Waals surface area contributed by atoms with Crippen molar-refractivity contribution in [2.75, 3.05) is 13.2 Å². The number of unbranched alkanes of at least 4 members (excludes halogenated alkanes) is 1. The van der Waals surface area contributed by atoms with Gasteiger partial charge >= 0.3 is 5.97 Å². The Morgan fingerprint density at radius 2 is 1.90 bits per heavy atom. The van der Waals surface area contributed by atoms with E-state index in [9.17, 15) is 15.0 Å². The van der Waals surface area contributed by atoms with Gasteiger partial charge in [-0.25, -0.2) is 4.79 Å². The van der Waals surface area contributed by atoms with Gasteiger partial charge in [0.15, 0.2) is 0 Å². The highest BCUT2D eigenvalue weighted by Gasteiger charge is 2.39. The highest BCUT2D eigenvalue weighted by molar-refractivity contribution is 6.21. The molecule has 0 amide bonds. The molecule has 2 aliphatic carbocycles. The molecular formula is C24H41ClO5. The van der Waals surface area contributed by atoms with Crippen LogP contribution in [0.1, 0.15) is 78.6 Å². The fourth-order valence-corrected chi connectivity index (χ4v) is 5.20. The zero-order valence-corrected chi connectivity index (χ0v) is 19.7. The summed E-state index contributed by atoms with van der Waals surface area (Å²) in [6, 6.07) is 0. The van der Waals surface area contributed by atoms with Crippen LogP contribution in [-0.4, -0.2) is 52.6 Å². The van der Waals surface area contributed by atoms with Crippen molar-refractivity contribution < 1.29 is 24.5 Å². The van der Waals surface area contributed by atoms with Gasteiger partial charge in [-0.15, -0.1) is 11.6 Å². The number of halogens is 1. The summed E-state index contributed by atoms with van der Waals surface area (Å²) >= 11 is 6.53. The molecule has 0 aromatic heterocycles. The van der Waals surface area contributed by atoms with Gasteiger partial charge in [0, 0.05) is 17.9 Å². The Morgan fingerprint density at radius 1 is 1.20 bits per heavy atom. The van der Waals surface area contributed by atoms with Gasteiger partial charge in [-0.05, 0) is 64.7 Å². The summed E-state index contributed by atoms with van der Waals surface area (Å²) in [5.74, 6) is 0.195. The number of alkyl halides is 1. The van der Waals surface area contributed by atoms with E-state index in [-0.39, 0.29) is 29.8 Å². The van der Waals surface area contributed by atoms with E-state index in [1.165, 1.54) is 19.3 Å². The minimum Gasteiger partial charge on any atom is -0.458 e. The first-order valence-corrected chi connectivity index (χ1v) is 12.1. The van der Waals surface area contributed by atoms with Gasteiger partial charge in [-0.1, -0.05) is 37.8 Å². The zero-order valence-electron chi connectivity index (χ0n) is 18.9. The van der Waals surface area contributed by atoms with Crippen molar-refractivity contribution in [2.45, 2.75) is 102 Å². The van der Waals surface area contributed by atoms with E-state index in [1.54, 1.807) is 0 Å². The van der Waals surface area contributed by atoms with E-state index in [0.717, 1.165) is 32.1 Å². The van der Waals surface area contributed by atoms with Crippen molar-refractivity contribution >= 4 is 17.6 Å². The van der Waals surface area contributed by atoms with Crippen LogP contribution in [-0.2, 0) is 14.3 Å². The molecule has 2 fully saturated rings. The molecule has 0 unspecified atom stereocenters. The van der Waals surface area contributed by atoms with Crippen molar-refractivity contribution in [3.8, 4) is 0 Å². The SMILES string of the molecule is CC(C)(C)OC(=O)COCCCC[C@@H]1[C@@H](/C=C/[C@@H](O)C2CCCCC2)[C@H](O)C[C@H]1Cl. The Kier molecular flexibility index (Phi) is 10.6. The van der Waals surface area contributed by atoms with E-state index in [1.807, 2.05) is 32.9 Å². The fourth-order valence-electron chi connectivity index (χ4n) is 4.72. The van der Waals surface area contributed by atoms with Crippen LogP contribution in [0.5, 0.6) is 0 Å². The van der Waals surface area contributed by atoms with Crippen LogP contribution in [0.2, 0.25) is 0 Å². The minimum atomic E-state index is -0.494. The number of hydrogen-bond acceptors (Lipinski definition) is 5. The van der Waals surface area contributed by atoms with Gasteiger partial charge in [0.05, 0.1) is 12.2 Å². The molecular weight excluding hydrogens is 404 g/mol. The predicted octanol–water partition coefficient (Wildman–Crippen LogP) is 4.62. The molecule has 2 rings (SSSR count). The molecule has 0 aromatic carbocycles. The smallest absolute Gasteiger partial charge is 0.332 e. The zero-order chi connectivity index (χ0) is 22.1. The maximum Gasteiger partial charge on any atom is 0.332 e. The maximum absolute atomic E-state index is 11.6. The third-order valence-electron chi connectivity index (χ3n) is 6.25. The number of carbonyl (C=O) groups excluding carboxylic acids is 1. The molecule has 0 heterocycles. The van der Waals surface area contributed by atoms with Crippen molar-refractivity contribution in [2.24, 2.45) is 17.8 Å². The van der Waals surface area contributed by atoms with Gasteiger partial charge in [0.25, 0.3) is 0 Å². The third-order valence-corrected chi connectivity index (χ3v) is 6.75. The summed E-state index contributed by atoms with van der Waals surface area (Å²) in [6.07, 6.45) is 12.1. The van der Waals surface area contributed by atoms with E-state index in [4.69, 9.17) is 21.1 Å². The Morgan fingerprint density at radius 3 is 2.57 bits per heavy atom. The van der Waals surface area contributed by atoms with Crippen LogP contribution in [0.3, 0.4) is 0 Å². The van der Waals surface area contributed by atoms with Crippen molar-refractivity contribution in [1.82, 2.24) is 0 Å². The van der Waals surface area contributed by atoms with Gasteiger partial charge in [-0.3, -0.25) is 0 Å². The highest BCUT2D eigenvalue weighted by Crippen LogP contribution is 2.40. The fraction of sp³-hybridized carbons (Fsp3) is 0.875. The lowest BCUT2D eigenvalue weighted by atomic mass is 9.84. The van der Waals surface area contributed by atoms with Gasteiger partial charge < -0.3 is 19.7 Å². The molecule has 5 atom stereocenters. The summed E-state index contributed by atoms with van der Waals surface area (Å²) in [6.45, 7) is 5.98. The Bertz CT molecular complexity index is 538. The largest absolute Gasteiger partial charge is 0.458 e. The normalized spacial score (nSPS) is 29.4. The Balaban J connectivity index is 1.71. The first kappa shape index (κ1) is 25.6. The monoisotopic (exact) mass is 444 g/mol. The average molecular weight is 445 g/mol. The standard InChI is InChI=1S/C24H41ClO5/c1-24(2,3)30-23(28)16-29-14-8-7-11-18-19(22(27)15-20(18)25)12-13-21(26)17-9-5-4-6-10-17/h12-13,17-22,26-27H,4-11,14-16H2,1-3H3/b13-12+/t18-,19-,20-,21-,22-/m1/s1. The lowest BCUT2D eigenvalue weighted by Gasteiger charge is -2.25. The van der Waals surface area contributed by atoms with Gasteiger partial charge in [0.1, 0.15) is 12.2 Å². The molecule has 2 saturated carbocycles. The number of aliphatic hydroxyl groups is 2. The number of esters is 1. The topological polar surface area (TPSA) is 76.0 Å². The lowest BCUT2D eigenvalue weighted by Crippen LogP contribution is -2.26. The third kappa shape index (κ3) is 8.86. The molecule has 2 N–H and O–H groups in total. The number of rotatable bonds is 10. The number of carbonyl (C=O) groups is 1. The summed E-state index contributed by atoms with van der Waals surface area (Å²) < 4.78 is 10.6. The molecule has 0 bridgehead atoms. The molecule has 2 aliphatic rings. The summed E-state index contributed by atoms with van der Waals surface area (Å²) in [4.78, 5) is 11.6. The van der Waals surface area contributed by atoms with Crippen molar-refractivity contribution in [3.05, 3.63) is 12.2 Å². The highest BCUT2D eigenvalue weighted by atomic mass is 35.5. The number of ether oxygens (including phenoxy) is 2. The van der Waals surface area contributed by atoms with E-state index in [2.05, 4.69) is 0 Å².